The number of rotatable bonds is 2. The molecule has 1 aliphatic heterocycles. The van der Waals surface area contributed by atoms with Crippen molar-refractivity contribution in [2.45, 2.75) is 11.6 Å². The Morgan fingerprint density at radius 3 is 2.80 bits per heavy atom. The van der Waals surface area contributed by atoms with E-state index in [1.54, 1.807) is 6.07 Å². The van der Waals surface area contributed by atoms with Crippen LogP contribution >= 0.6 is 35.0 Å². The SMILES string of the molecule is CSc1nc(N)nc(-c2c(Cl)cc(Cl)c3c2CCO3)n1. The first-order valence-electron chi connectivity index (χ1n) is 5.79. The zero-order chi connectivity index (χ0) is 14.3. The molecule has 0 bridgehead atoms. The third kappa shape index (κ3) is 2.28. The van der Waals surface area contributed by atoms with Crippen LogP contribution in [-0.4, -0.2) is 27.8 Å². The van der Waals surface area contributed by atoms with Gasteiger partial charge in [0, 0.05) is 17.5 Å². The van der Waals surface area contributed by atoms with Gasteiger partial charge in [0.2, 0.25) is 5.95 Å². The van der Waals surface area contributed by atoms with Crippen LogP contribution in [0.25, 0.3) is 11.4 Å². The molecule has 1 aliphatic rings. The van der Waals surface area contributed by atoms with E-state index in [0.29, 0.717) is 45.4 Å². The largest absolute Gasteiger partial charge is 0.491 e. The summed E-state index contributed by atoms with van der Waals surface area (Å²) >= 11 is 13.8. The van der Waals surface area contributed by atoms with Gasteiger partial charge in [-0.25, -0.2) is 4.98 Å². The standard InChI is InChI=1S/C12H10Cl2N4OS/c1-20-12-17-10(16-11(15)18-12)8-5-2-3-19-9(5)7(14)4-6(8)13/h4H,2-3H2,1H3,(H2,15,16,17,18). The molecule has 104 valence electrons. The van der Waals surface area contributed by atoms with Gasteiger partial charge >= 0.3 is 0 Å². The highest BCUT2D eigenvalue weighted by Crippen LogP contribution is 2.43. The van der Waals surface area contributed by atoms with Crippen molar-refractivity contribution in [2.75, 3.05) is 18.6 Å². The molecule has 0 fully saturated rings. The minimum Gasteiger partial charge on any atom is -0.491 e. The predicted octanol–water partition coefficient (Wildman–Crippen LogP) is 3.08. The Bertz CT molecular complexity index is 696. The molecule has 2 N–H and O–H groups in total. The quantitative estimate of drug-likeness (QED) is 0.854. The molecule has 0 aliphatic carbocycles. The monoisotopic (exact) mass is 328 g/mol. The van der Waals surface area contributed by atoms with E-state index in [1.165, 1.54) is 11.8 Å². The van der Waals surface area contributed by atoms with Crippen LogP contribution in [0.5, 0.6) is 5.75 Å². The summed E-state index contributed by atoms with van der Waals surface area (Å²) in [5.74, 6) is 1.26. The molecule has 0 spiro atoms. The number of halogens is 2. The van der Waals surface area contributed by atoms with Gasteiger partial charge in [-0.3, -0.25) is 0 Å². The first-order valence-corrected chi connectivity index (χ1v) is 7.78. The van der Waals surface area contributed by atoms with Crippen molar-refractivity contribution in [3.63, 3.8) is 0 Å². The number of hydrogen-bond donors (Lipinski definition) is 1. The zero-order valence-electron chi connectivity index (χ0n) is 10.5. The maximum absolute atomic E-state index is 6.31. The highest BCUT2D eigenvalue weighted by atomic mass is 35.5. The number of thioether (sulfide) groups is 1. The molecule has 0 unspecified atom stereocenters. The number of benzene rings is 1. The summed E-state index contributed by atoms with van der Waals surface area (Å²) in [5.41, 5.74) is 7.35. The van der Waals surface area contributed by atoms with Gasteiger partial charge in [-0.15, -0.1) is 0 Å². The molecule has 2 heterocycles. The van der Waals surface area contributed by atoms with Gasteiger partial charge in [0.15, 0.2) is 11.0 Å². The van der Waals surface area contributed by atoms with Crippen molar-refractivity contribution in [3.05, 3.63) is 21.7 Å². The van der Waals surface area contributed by atoms with Gasteiger partial charge in [0.25, 0.3) is 0 Å². The summed E-state index contributed by atoms with van der Waals surface area (Å²) in [4.78, 5) is 12.6. The predicted molar refractivity (Wildman–Crippen MR) is 80.7 cm³/mol. The second-order valence-electron chi connectivity index (χ2n) is 4.13. The molecule has 2 aromatic rings. The smallest absolute Gasteiger partial charge is 0.224 e. The number of ether oxygens (including phenoxy) is 1. The second-order valence-corrected chi connectivity index (χ2v) is 5.71. The van der Waals surface area contributed by atoms with Crippen molar-refractivity contribution < 1.29 is 4.74 Å². The second kappa shape index (κ2) is 5.27. The number of fused-ring (bicyclic) bond motifs is 1. The lowest BCUT2D eigenvalue weighted by molar-refractivity contribution is 0.357. The van der Waals surface area contributed by atoms with Crippen LogP contribution in [-0.2, 0) is 6.42 Å². The molecular weight excluding hydrogens is 319 g/mol. The maximum Gasteiger partial charge on any atom is 0.224 e. The van der Waals surface area contributed by atoms with E-state index in [0.717, 1.165) is 5.56 Å². The lowest BCUT2D eigenvalue weighted by Crippen LogP contribution is -2.03. The number of nitrogen functional groups attached to an aromatic ring is 1. The Morgan fingerprint density at radius 1 is 1.25 bits per heavy atom. The third-order valence-electron chi connectivity index (χ3n) is 2.92. The average Bonchev–Trinajstić information content (AvgIpc) is 2.87. The summed E-state index contributed by atoms with van der Waals surface area (Å²) in [7, 11) is 0. The summed E-state index contributed by atoms with van der Waals surface area (Å²) in [6, 6.07) is 1.64. The fourth-order valence-corrected chi connectivity index (χ4v) is 3.12. The zero-order valence-corrected chi connectivity index (χ0v) is 12.8. The molecule has 0 atom stereocenters. The van der Waals surface area contributed by atoms with Crippen LogP contribution < -0.4 is 10.5 Å². The summed E-state index contributed by atoms with van der Waals surface area (Å²) in [6.45, 7) is 0.568. The topological polar surface area (TPSA) is 73.9 Å². The number of aromatic nitrogens is 3. The summed E-state index contributed by atoms with van der Waals surface area (Å²) in [6.07, 6.45) is 2.58. The highest BCUT2D eigenvalue weighted by molar-refractivity contribution is 7.98. The number of hydrogen-bond acceptors (Lipinski definition) is 6. The molecule has 0 amide bonds. The van der Waals surface area contributed by atoms with E-state index in [4.69, 9.17) is 33.7 Å². The first kappa shape index (κ1) is 13.7. The molecule has 20 heavy (non-hydrogen) atoms. The van der Waals surface area contributed by atoms with Crippen molar-refractivity contribution in [3.8, 4) is 17.1 Å². The molecule has 0 radical (unpaired) electrons. The maximum atomic E-state index is 6.31. The number of anilines is 1. The van der Waals surface area contributed by atoms with Crippen molar-refractivity contribution in [1.82, 2.24) is 15.0 Å². The van der Waals surface area contributed by atoms with Gasteiger partial charge in [0.05, 0.1) is 16.7 Å². The van der Waals surface area contributed by atoms with Gasteiger partial charge in [-0.1, -0.05) is 35.0 Å². The lowest BCUT2D eigenvalue weighted by Gasteiger charge is -2.11. The Labute approximate surface area is 129 Å². The Hall–Kier alpha value is -1.24. The molecule has 1 aromatic carbocycles. The summed E-state index contributed by atoms with van der Waals surface area (Å²) < 4.78 is 5.53. The van der Waals surface area contributed by atoms with E-state index < -0.39 is 0 Å². The Balaban J connectivity index is 2.25. The molecule has 3 rings (SSSR count). The molecule has 5 nitrogen and oxygen atoms in total. The number of nitrogens with zero attached hydrogens (tertiary/aromatic N) is 3. The Morgan fingerprint density at radius 2 is 2.05 bits per heavy atom. The fourth-order valence-electron chi connectivity index (χ4n) is 2.12. The highest BCUT2D eigenvalue weighted by Gasteiger charge is 2.25. The van der Waals surface area contributed by atoms with E-state index in [2.05, 4.69) is 15.0 Å². The number of nitrogens with two attached hydrogens (primary N) is 1. The molecular formula is C12H10Cl2N4OS. The molecule has 0 saturated heterocycles. The minimum atomic E-state index is 0.165. The summed E-state index contributed by atoms with van der Waals surface area (Å²) in [5, 5.41) is 1.53. The van der Waals surface area contributed by atoms with Crippen LogP contribution in [0.15, 0.2) is 11.2 Å². The van der Waals surface area contributed by atoms with Crippen molar-refractivity contribution in [2.24, 2.45) is 0 Å². The van der Waals surface area contributed by atoms with Crippen LogP contribution in [0.1, 0.15) is 5.56 Å². The van der Waals surface area contributed by atoms with Gasteiger partial charge in [-0.05, 0) is 12.3 Å². The lowest BCUT2D eigenvalue weighted by atomic mass is 10.0. The van der Waals surface area contributed by atoms with Gasteiger partial charge in [-0.2, -0.15) is 9.97 Å². The van der Waals surface area contributed by atoms with Crippen LogP contribution in [0.2, 0.25) is 10.0 Å². The van der Waals surface area contributed by atoms with E-state index in [-0.39, 0.29) is 5.95 Å². The van der Waals surface area contributed by atoms with E-state index in [9.17, 15) is 0 Å². The first-order chi connectivity index (χ1) is 9.60. The normalized spacial score (nSPS) is 13.2. The molecule has 8 heteroatoms. The van der Waals surface area contributed by atoms with Crippen LogP contribution in [0, 0.1) is 0 Å². The average molecular weight is 329 g/mol. The van der Waals surface area contributed by atoms with Crippen molar-refractivity contribution in [1.29, 1.82) is 0 Å². The van der Waals surface area contributed by atoms with E-state index in [1.807, 2.05) is 6.26 Å². The molecule has 0 saturated carbocycles. The van der Waals surface area contributed by atoms with Crippen LogP contribution in [0.3, 0.4) is 0 Å². The van der Waals surface area contributed by atoms with Gasteiger partial charge < -0.3 is 10.5 Å². The minimum absolute atomic E-state index is 0.165. The third-order valence-corrected chi connectivity index (χ3v) is 4.05. The van der Waals surface area contributed by atoms with Crippen molar-refractivity contribution >= 4 is 40.9 Å². The van der Waals surface area contributed by atoms with Gasteiger partial charge in [0.1, 0.15) is 5.75 Å². The Kier molecular flexibility index (Phi) is 3.62. The fraction of sp³-hybridized carbons (Fsp3) is 0.250. The van der Waals surface area contributed by atoms with Crippen LogP contribution in [0.4, 0.5) is 5.95 Å². The molecule has 1 aromatic heterocycles. The van der Waals surface area contributed by atoms with E-state index >= 15 is 0 Å².